The normalized spacial score (nSPS) is 30.8. The summed E-state index contributed by atoms with van der Waals surface area (Å²) < 4.78 is 0. The van der Waals surface area contributed by atoms with E-state index in [0.29, 0.717) is 6.42 Å². The number of carbonyl (C=O) groups excluding carboxylic acids is 1. The van der Waals surface area contributed by atoms with Gasteiger partial charge in [-0.15, -0.1) is 0 Å². The van der Waals surface area contributed by atoms with Crippen molar-refractivity contribution in [3.05, 3.63) is 71.8 Å². The molecule has 25 heavy (non-hydrogen) atoms. The summed E-state index contributed by atoms with van der Waals surface area (Å²) in [5.41, 5.74) is 2.06. The van der Waals surface area contributed by atoms with Gasteiger partial charge in [0.25, 0.3) is 0 Å². The Hall–Kier alpha value is -2.68. The molecule has 1 fully saturated rings. The first-order chi connectivity index (χ1) is 11.9. The van der Waals surface area contributed by atoms with E-state index in [4.69, 9.17) is 0 Å². The fraction of sp³-hybridized carbons (Fsp3) is 0.273. The Morgan fingerprint density at radius 3 is 1.88 bits per heavy atom. The first-order valence-electron chi connectivity index (χ1n) is 8.54. The first-order valence-corrected chi connectivity index (χ1v) is 8.54. The number of fused-ring (bicyclic) bond motifs is 2. The van der Waals surface area contributed by atoms with Crippen molar-refractivity contribution < 1.29 is 14.7 Å². The van der Waals surface area contributed by atoms with Crippen LogP contribution in [0.25, 0.3) is 11.1 Å². The molecule has 0 amide bonds. The maximum absolute atomic E-state index is 13.4. The van der Waals surface area contributed by atoms with Crippen LogP contribution >= 0.6 is 0 Å². The number of hydrogen-bond donors (Lipinski definition) is 1. The highest BCUT2D eigenvalue weighted by Crippen LogP contribution is 2.69. The lowest BCUT2D eigenvalue weighted by atomic mass is 9.67. The second-order valence-corrected chi connectivity index (χ2v) is 7.44. The van der Waals surface area contributed by atoms with E-state index in [9.17, 15) is 14.7 Å². The van der Waals surface area contributed by atoms with E-state index in [0.717, 1.165) is 22.3 Å². The molecule has 2 aromatic rings. The number of hydrogen-bond acceptors (Lipinski definition) is 2. The minimum atomic E-state index is -0.993. The lowest BCUT2D eigenvalue weighted by Gasteiger charge is -2.33. The number of rotatable bonds is 3. The van der Waals surface area contributed by atoms with E-state index in [1.165, 1.54) is 0 Å². The standard InChI is InChI=1S/C22H20O3/c1-21-13-16(19(23)24)22(2,20(21)25)18(15-11-7-4-8-12-15)17(21)14-9-5-3-6-10-14/h3-12,16H,13H2,1-2H3,(H,23,24)/t16-,21-,22+/m0/s1. The van der Waals surface area contributed by atoms with Gasteiger partial charge in [0.05, 0.1) is 16.7 Å². The lowest BCUT2D eigenvalue weighted by Crippen LogP contribution is -2.34. The Balaban J connectivity index is 2.08. The number of benzene rings is 2. The number of allylic oxidation sites excluding steroid dienone is 2. The Morgan fingerprint density at radius 1 is 0.920 bits per heavy atom. The second-order valence-electron chi connectivity index (χ2n) is 7.44. The Bertz CT molecular complexity index is 897. The molecule has 0 radical (unpaired) electrons. The Labute approximate surface area is 147 Å². The fourth-order valence-corrected chi connectivity index (χ4v) is 4.93. The number of Topliss-reactive ketones (excluding diaryl/α,β-unsaturated/α-hetero) is 1. The van der Waals surface area contributed by atoms with Gasteiger partial charge in [-0.25, -0.2) is 0 Å². The molecule has 0 aromatic heterocycles. The topological polar surface area (TPSA) is 54.4 Å². The van der Waals surface area contributed by atoms with Crippen LogP contribution in [0.5, 0.6) is 0 Å². The maximum atomic E-state index is 13.4. The van der Waals surface area contributed by atoms with Gasteiger partial charge < -0.3 is 5.11 Å². The number of carboxylic acid groups (broad SMARTS) is 1. The molecule has 1 N–H and O–H groups in total. The summed E-state index contributed by atoms with van der Waals surface area (Å²) in [5, 5.41) is 9.78. The molecule has 3 nitrogen and oxygen atoms in total. The highest BCUT2D eigenvalue weighted by atomic mass is 16.4. The van der Waals surface area contributed by atoms with Crippen molar-refractivity contribution in [3.63, 3.8) is 0 Å². The fourth-order valence-electron chi connectivity index (χ4n) is 4.93. The van der Waals surface area contributed by atoms with Gasteiger partial charge in [-0.05, 0) is 42.5 Å². The van der Waals surface area contributed by atoms with Gasteiger partial charge in [0.15, 0.2) is 5.78 Å². The average molecular weight is 332 g/mol. The van der Waals surface area contributed by atoms with E-state index in [1.54, 1.807) is 0 Å². The molecule has 0 unspecified atom stereocenters. The summed E-state index contributed by atoms with van der Waals surface area (Å²) in [6.45, 7) is 3.73. The van der Waals surface area contributed by atoms with Crippen LogP contribution in [0.4, 0.5) is 0 Å². The van der Waals surface area contributed by atoms with E-state index in [-0.39, 0.29) is 5.78 Å². The number of aliphatic carboxylic acids is 1. The molecular weight excluding hydrogens is 312 g/mol. The van der Waals surface area contributed by atoms with Crippen LogP contribution in [-0.4, -0.2) is 16.9 Å². The molecule has 0 heterocycles. The molecule has 0 aliphatic heterocycles. The van der Waals surface area contributed by atoms with Crippen molar-refractivity contribution in [2.75, 3.05) is 0 Å². The van der Waals surface area contributed by atoms with Gasteiger partial charge >= 0.3 is 5.97 Å². The van der Waals surface area contributed by atoms with Crippen molar-refractivity contribution in [1.82, 2.24) is 0 Å². The second kappa shape index (κ2) is 5.16. The molecule has 4 rings (SSSR count). The molecular formula is C22H20O3. The minimum Gasteiger partial charge on any atom is -0.481 e. The summed E-state index contributed by atoms with van der Waals surface area (Å²) in [6.07, 6.45) is 0.359. The molecule has 2 aromatic carbocycles. The molecule has 2 aliphatic rings. The number of ketones is 1. The molecule has 3 heteroatoms. The number of carboxylic acids is 1. The maximum Gasteiger partial charge on any atom is 0.307 e. The first kappa shape index (κ1) is 15.8. The van der Waals surface area contributed by atoms with Crippen LogP contribution < -0.4 is 0 Å². The van der Waals surface area contributed by atoms with Crippen LogP contribution in [0.3, 0.4) is 0 Å². The van der Waals surface area contributed by atoms with Crippen LogP contribution in [0.1, 0.15) is 31.4 Å². The van der Waals surface area contributed by atoms with Crippen LogP contribution in [0.15, 0.2) is 60.7 Å². The minimum absolute atomic E-state index is 0.0325. The number of carbonyl (C=O) groups is 2. The van der Waals surface area contributed by atoms with E-state index in [1.807, 2.05) is 74.5 Å². The third kappa shape index (κ3) is 1.92. The predicted molar refractivity (Wildman–Crippen MR) is 96.7 cm³/mol. The zero-order valence-electron chi connectivity index (χ0n) is 14.3. The summed E-state index contributed by atoms with van der Waals surface area (Å²) in [6, 6.07) is 19.6. The van der Waals surface area contributed by atoms with Crippen molar-refractivity contribution in [3.8, 4) is 0 Å². The van der Waals surface area contributed by atoms with Gasteiger partial charge in [0.1, 0.15) is 0 Å². The monoisotopic (exact) mass is 332 g/mol. The van der Waals surface area contributed by atoms with Crippen LogP contribution in [0, 0.1) is 16.7 Å². The van der Waals surface area contributed by atoms with Crippen molar-refractivity contribution in [1.29, 1.82) is 0 Å². The molecule has 3 atom stereocenters. The Morgan fingerprint density at radius 2 is 1.40 bits per heavy atom. The average Bonchev–Trinajstić information content (AvgIpc) is 2.93. The van der Waals surface area contributed by atoms with Gasteiger partial charge in [0.2, 0.25) is 0 Å². The molecule has 2 bridgehead atoms. The van der Waals surface area contributed by atoms with Crippen molar-refractivity contribution in [2.45, 2.75) is 20.3 Å². The molecule has 126 valence electrons. The highest BCUT2D eigenvalue weighted by molar-refractivity contribution is 6.24. The lowest BCUT2D eigenvalue weighted by molar-refractivity contribution is -0.145. The van der Waals surface area contributed by atoms with E-state index >= 15 is 0 Å². The molecule has 2 aliphatic carbocycles. The zero-order valence-corrected chi connectivity index (χ0v) is 14.3. The quantitative estimate of drug-likeness (QED) is 0.912. The van der Waals surface area contributed by atoms with E-state index < -0.39 is 22.7 Å². The third-order valence-corrected chi connectivity index (χ3v) is 6.03. The SMILES string of the molecule is C[C@@]12C[C@@H](C(=O)O)[C@@](C)(C1=O)C(c1ccccc1)=C2c1ccccc1. The van der Waals surface area contributed by atoms with Crippen molar-refractivity contribution in [2.24, 2.45) is 16.7 Å². The summed E-state index contributed by atoms with van der Waals surface area (Å²) in [7, 11) is 0. The molecule has 1 saturated carbocycles. The molecule has 0 saturated heterocycles. The predicted octanol–water partition coefficient (Wildman–Crippen LogP) is 4.30. The largest absolute Gasteiger partial charge is 0.481 e. The summed E-state index contributed by atoms with van der Waals surface area (Å²) in [4.78, 5) is 25.3. The van der Waals surface area contributed by atoms with Gasteiger partial charge in [-0.2, -0.15) is 0 Å². The molecule has 0 spiro atoms. The Kier molecular flexibility index (Phi) is 3.26. The zero-order chi connectivity index (χ0) is 17.8. The van der Waals surface area contributed by atoms with Crippen molar-refractivity contribution >= 4 is 22.9 Å². The third-order valence-electron chi connectivity index (χ3n) is 6.03. The smallest absolute Gasteiger partial charge is 0.307 e. The van der Waals surface area contributed by atoms with E-state index in [2.05, 4.69) is 0 Å². The van der Waals surface area contributed by atoms with Crippen LogP contribution in [0.2, 0.25) is 0 Å². The summed E-state index contributed by atoms with van der Waals surface area (Å²) >= 11 is 0. The van der Waals surface area contributed by atoms with Gasteiger partial charge in [0, 0.05) is 0 Å². The summed E-state index contributed by atoms with van der Waals surface area (Å²) in [5.74, 6) is -1.54. The van der Waals surface area contributed by atoms with Gasteiger partial charge in [-0.1, -0.05) is 60.7 Å². The van der Waals surface area contributed by atoms with Crippen LogP contribution in [-0.2, 0) is 9.59 Å². The van der Waals surface area contributed by atoms with Gasteiger partial charge in [-0.3, -0.25) is 9.59 Å². The highest BCUT2D eigenvalue weighted by Gasteiger charge is 2.68.